The molecule has 0 amide bonds. The molecular formula is C27H52O2S. The van der Waals surface area contributed by atoms with Gasteiger partial charge in [-0.15, -0.1) is 0 Å². The maximum Gasteiger partial charge on any atom is 0.333 e. The summed E-state index contributed by atoms with van der Waals surface area (Å²) in [5.41, 5.74) is 0.493. The topological polar surface area (TPSA) is 26.3 Å². The Labute approximate surface area is 193 Å². The van der Waals surface area contributed by atoms with Crippen LogP contribution in [-0.4, -0.2) is 24.1 Å². The monoisotopic (exact) mass is 440 g/mol. The van der Waals surface area contributed by atoms with E-state index in [0.29, 0.717) is 12.2 Å². The first-order valence-corrected chi connectivity index (χ1v) is 14.2. The second-order valence-electron chi connectivity index (χ2n) is 8.89. The smallest absolute Gasteiger partial charge is 0.333 e. The SMILES string of the molecule is C=C(C)C(=O)OCCCCCCCCCCCSCCCCCCCCCCCC. The van der Waals surface area contributed by atoms with Gasteiger partial charge in [0.1, 0.15) is 0 Å². The predicted octanol–water partition coefficient (Wildman–Crippen LogP) is 9.27. The summed E-state index contributed by atoms with van der Waals surface area (Å²) >= 11 is 2.17. The van der Waals surface area contributed by atoms with Crippen molar-refractivity contribution in [3.8, 4) is 0 Å². The summed E-state index contributed by atoms with van der Waals surface area (Å²) in [6, 6.07) is 0. The van der Waals surface area contributed by atoms with E-state index in [0.717, 1.165) is 6.42 Å². The summed E-state index contributed by atoms with van der Waals surface area (Å²) in [5.74, 6) is 2.48. The predicted molar refractivity (Wildman–Crippen MR) is 136 cm³/mol. The van der Waals surface area contributed by atoms with Crippen LogP contribution < -0.4 is 0 Å². The summed E-state index contributed by atoms with van der Waals surface area (Å²) < 4.78 is 5.11. The van der Waals surface area contributed by atoms with Crippen molar-refractivity contribution in [2.45, 2.75) is 136 Å². The highest BCUT2D eigenvalue weighted by molar-refractivity contribution is 7.99. The fourth-order valence-electron chi connectivity index (χ4n) is 3.63. The second-order valence-corrected chi connectivity index (χ2v) is 10.1. The average molecular weight is 441 g/mol. The van der Waals surface area contributed by atoms with Crippen molar-refractivity contribution in [2.24, 2.45) is 0 Å². The van der Waals surface area contributed by atoms with Crippen LogP contribution in [0.5, 0.6) is 0 Å². The van der Waals surface area contributed by atoms with Crippen LogP contribution in [0, 0.1) is 0 Å². The molecule has 2 nitrogen and oxygen atoms in total. The van der Waals surface area contributed by atoms with Crippen molar-refractivity contribution < 1.29 is 9.53 Å². The maximum absolute atomic E-state index is 11.2. The lowest BCUT2D eigenvalue weighted by molar-refractivity contribution is -0.139. The molecule has 0 saturated carbocycles. The van der Waals surface area contributed by atoms with Gasteiger partial charge >= 0.3 is 5.97 Å². The maximum atomic E-state index is 11.2. The Hall–Kier alpha value is -0.440. The van der Waals surface area contributed by atoms with Crippen LogP contribution in [0.3, 0.4) is 0 Å². The van der Waals surface area contributed by atoms with E-state index in [9.17, 15) is 4.79 Å². The average Bonchev–Trinajstić information content (AvgIpc) is 2.74. The summed E-state index contributed by atoms with van der Waals surface area (Å²) in [7, 11) is 0. The third-order valence-electron chi connectivity index (χ3n) is 5.66. The van der Waals surface area contributed by atoms with Crippen molar-refractivity contribution in [1.82, 2.24) is 0 Å². The summed E-state index contributed by atoms with van der Waals surface area (Å²) in [4.78, 5) is 11.2. The molecule has 0 saturated heterocycles. The zero-order valence-corrected chi connectivity index (χ0v) is 21.3. The molecule has 0 atom stereocenters. The molecule has 0 aliphatic carbocycles. The van der Waals surface area contributed by atoms with E-state index in [1.54, 1.807) is 6.92 Å². The summed E-state index contributed by atoms with van der Waals surface area (Å²) in [5, 5.41) is 0. The lowest BCUT2D eigenvalue weighted by Gasteiger charge is -2.05. The van der Waals surface area contributed by atoms with Crippen LogP contribution in [0.15, 0.2) is 12.2 Å². The van der Waals surface area contributed by atoms with Gasteiger partial charge in [-0.1, -0.05) is 116 Å². The van der Waals surface area contributed by atoms with Gasteiger partial charge in [0.25, 0.3) is 0 Å². The standard InChI is InChI=1S/C27H52O2S/c1-4-5-6-7-8-9-12-15-18-21-24-30-25-22-19-16-13-10-11-14-17-20-23-29-27(28)26(2)3/h2,4-25H2,1,3H3. The first-order valence-electron chi connectivity index (χ1n) is 13.1. The Morgan fingerprint density at radius 2 is 1.00 bits per heavy atom. The van der Waals surface area contributed by atoms with E-state index in [2.05, 4.69) is 25.3 Å². The molecule has 0 bridgehead atoms. The molecule has 30 heavy (non-hydrogen) atoms. The van der Waals surface area contributed by atoms with E-state index in [1.165, 1.54) is 127 Å². The summed E-state index contributed by atoms with van der Waals surface area (Å²) in [6.45, 7) is 8.12. The van der Waals surface area contributed by atoms with Gasteiger partial charge in [0.15, 0.2) is 0 Å². The van der Waals surface area contributed by atoms with Gasteiger partial charge in [0.05, 0.1) is 6.61 Å². The number of carbonyl (C=O) groups is 1. The molecule has 3 heteroatoms. The molecule has 0 aromatic heterocycles. The number of hydrogen-bond acceptors (Lipinski definition) is 3. The minimum Gasteiger partial charge on any atom is -0.462 e. The van der Waals surface area contributed by atoms with E-state index in [4.69, 9.17) is 4.74 Å². The van der Waals surface area contributed by atoms with Gasteiger partial charge in [0.2, 0.25) is 0 Å². The second kappa shape index (κ2) is 24.8. The van der Waals surface area contributed by atoms with Gasteiger partial charge in [0, 0.05) is 5.57 Å². The van der Waals surface area contributed by atoms with E-state index < -0.39 is 0 Å². The molecular weight excluding hydrogens is 388 g/mol. The molecule has 0 aromatic carbocycles. The molecule has 0 aromatic rings. The Bertz CT molecular complexity index is 381. The van der Waals surface area contributed by atoms with Gasteiger partial charge < -0.3 is 4.74 Å². The Morgan fingerprint density at radius 3 is 1.40 bits per heavy atom. The highest BCUT2D eigenvalue weighted by Crippen LogP contribution is 2.15. The Balaban J connectivity index is 3.05. The van der Waals surface area contributed by atoms with Crippen LogP contribution in [0.1, 0.15) is 136 Å². The fraction of sp³-hybridized carbons (Fsp3) is 0.889. The Kier molecular flexibility index (Phi) is 24.5. The highest BCUT2D eigenvalue weighted by Gasteiger charge is 2.01. The number of thioether (sulfide) groups is 1. The fourth-order valence-corrected chi connectivity index (χ4v) is 4.65. The normalized spacial score (nSPS) is 11.0. The lowest BCUT2D eigenvalue weighted by atomic mass is 10.1. The minimum atomic E-state index is -0.253. The third kappa shape index (κ3) is 23.8. The number of hydrogen-bond donors (Lipinski definition) is 0. The van der Waals surface area contributed by atoms with E-state index in [-0.39, 0.29) is 5.97 Å². The first-order chi connectivity index (χ1) is 14.7. The quantitative estimate of drug-likeness (QED) is 0.0849. The van der Waals surface area contributed by atoms with E-state index in [1.807, 2.05) is 0 Å². The number of ether oxygens (including phenoxy) is 1. The molecule has 0 unspecified atom stereocenters. The van der Waals surface area contributed by atoms with Crippen LogP contribution in [0.4, 0.5) is 0 Å². The number of unbranched alkanes of at least 4 members (excludes halogenated alkanes) is 17. The molecule has 0 fully saturated rings. The van der Waals surface area contributed by atoms with Crippen LogP contribution in [-0.2, 0) is 9.53 Å². The van der Waals surface area contributed by atoms with Crippen molar-refractivity contribution in [2.75, 3.05) is 18.1 Å². The first kappa shape index (κ1) is 29.6. The molecule has 0 rings (SSSR count). The van der Waals surface area contributed by atoms with Crippen molar-refractivity contribution in [1.29, 1.82) is 0 Å². The van der Waals surface area contributed by atoms with Crippen molar-refractivity contribution in [3.63, 3.8) is 0 Å². The molecule has 0 N–H and O–H groups in total. The van der Waals surface area contributed by atoms with Gasteiger partial charge in [-0.2, -0.15) is 11.8 Å². The zero-order chi connectivity index (χ0) is 22.1. The van der Waals surface area contributed by atoms with Gasteiger partial charge in [-0.05, 0) is 37.7 Å². The molecule has 0 radical (unpaired) electrons. The van der Waals surface area contributed by atoms with E-state index >= 15 is 0 Å². The Morgan fingerprint density at radius 1 is 0.633 bits per heavy atom. The molecule has 0 aliphatic rings. The molecule has 0 aliphatic heterocycles. The zero-order valence-electron chi connectivity index (χ0n) is 20.5. The highest BCUT2D eigenvalue weighted by atomic mass is 32.2. The number of carbonyl (C=O) groups excluding carboxylic acids is 1. The van der Waals surface area contributed by atoms with Gasteiger partial charge in [-0.3, -0.25) is 0 Å². The van der Waals surface area contributed by atoms with Crippen LogP contribution in [0.2, 0.25) is 0 Å². The third-order valence-corrected chi connectivity index (χ3v) is 6.81. The number of rotatable bonds is 24. The van der Waals surface area contributed by atoms with Crippen molar-refractivity contribution in [3.05, 3.63) is 12.2 Å². The van der Waals surface area contributed by atoms with Crippen LogP contribution in [0.25, 0.3) is 0 Å². The molecule has 0 heterocycles. The van der Waals surface area contributed by atoms with Crippen molar-refractivity contribution >= 4 is 17.7 Å². The molecule has 0 spiro atoms. The minimum absolute atomic E-state index is 0.253. The lowest BCUT2D eigenvalue weighted by Crippen LogP contribution is -2.05. The molecule has 178 valence electrons. The largest absolute Gasteiger partial charge is 0.462 e. The summed E-state index contributed by atoms with van der Waals surface area (Å²) in [6.07, 6.45) is 26.1. The number of esters is 1. The van der Waals surface area contributed by atoms with Crippen LogP contribution >= 0.6 is 11.8 Å². The van der Waals surface area contributed by atoms with Gasteiger partial charge in [-0.25, -0.2) is 4.79 Å².